The molecular formula is C11H16O5. The average molecular weight is 228 g/mol. The summed E-state index contributed by atoms with van der Waals surface area (Å²) in [4.78, 5) is 10.6. The highest BCUT2D eigenvalue weighted by molar-refractivity contribution is 5.84. The van der Waals surface area contributed by atoms with Gasteiger partial charge in [0.2, 0.25) is 5.76 Å². The zero-order chi connectivity index (χ0) is 12.0. The summed E-state index contributed by atoms with van der Waals surface area (Å²) in [5.74, 6) is -0.522. The summed E-state index contributed by atoms with van der Waals surface area (Å²) in [5, 5.41) is 8.71. The number of rotatable bonds is 7. The van der Waals surface area contributed by atoms with Gasteiger partial charge >= 0.3 is 5.97 Å². The lowest BCUT2D eigenvalue weighted by atomic mass is 10.2. The number of carboxylic acids is 1. The van der Waals surface area contributed by atoms with Crippen molar-refractivity contribution in [3.63, 3.8) is 0 Å². The van der Waals surface area contributed by atoms with Crippen LogP contribution in [0.5, 0.6) is 0 Å². The molecular weight excluding hydrogens is 212 g/mol. The lowest BCUT2D eigenvalue weighted by molar-refractivity contribution is 0.0661. The molecule has 5 heteroatoms. The molecule has 1 rings (SSSR count). The van der Waals surface area contributed by atoms with Crippen LogP contribution in [0.1, 0.15) is 28.3 Å². The van der Waals surface area contributed by atoms with Crippen LogP contribution in [0, 0.1) is 6.92 Å². The van der Waals surface area contributed by atoms with Crippen molar-refractivity contribution in [3.8, 4) is 0 Å². The predicted octanol–water partition coefficient (Wildman–Crippen LogP) is 1.84. The zero-order valence-electron chi connectivity index (χ0n) is 9.49. The predicted molar refractivity (Wildman–Crippen MR) is 56.6 cm³/mol. The van der Waals surface area contributed by atoms with Crippen molar-refractivity contribution in [2.75, 3.05) is 20.3 Å². The summed E-state index contributed by atoms with van der Waals surface area (Å²) < 4.78 is 15.3. The van der Waals surface area contributed by atoms with Gasteiger partial charge in [0.1, 0.15) is 5.76 Å². The van der Waals surface area contributed by atoms with E-state index in [2.05, 4.69) is 0 Å². The number of aryl methyl sites for hydroxylation is 1. The molecule has 1 aromatic rings. The quantitative estimate of drug-likeness (QED) is 0.721. The van der Waals surface area contributed by atoms with Crippen LogP contribution in [0.2, 0.25) is 0 Å². The van der Waals surface area contributed by atoms with Crippen molar-refractivity contribution in [2.45, 2.75) is 20.0 Å². The normalized spacial score (nSPS) is 10.6. The highest BCUT2D eigenvalue weighted by Crippen LogP contribution is 2.15. The van der Waals surface area contributed by atoms with E-state index in [4.69, 9.17) is 19.0 Å². The number of furan rings is 1. The lowest BCUT2D eigenvalue weighted by Crippen LogP contribution is -1.99. The van der Waals surface area contributed by atoms with Crippen LogP contribution in [0.25, 0.3) is 0 Å². The molecule has 1 aromatic heterocycles. The summed E-state index contributed by atoms with van der Waals surface area (Å²) in [5.41, 5.74) is 0.773. The molecule has 0 spiro atoms. The smallest absolute Gasteiger partial charge is 0.371 e. The molecule has 0 aliphatic carbocycles. The van der Waals surface area contributed by atoms with Crippen LogP contribution < -0.4 is 0 Å². The van der Waals surface area contributed by atoms with Crippen LogP contribution in [0.3, 0.4) is 0 Å². The van der Waals surface area contributed by atoms with E-state index >= 15 is 0 Å². The number of ether oxygens (including phenoxy) is 2. The molecule has 0 fully saturated rings. The minimum absolute atomic E-state index is 0.0482. The molecule has 0 aliphatic rings. The fourth-order valence-corrected chi connectivity index (χ4v) is 1.26. The Balaban J connectivity index is 2.39. The summed E-state index contributed by atoms with van der Waals surface area (Å²) in [6, 6.07) is 1.49. The van der Waals surface area contributed by atoms with Crippen molar-refractivity contribution in [3.05, 3.63) is 23.2 Å². The molecule has 0 aromatic carbocycles. The van der Waals surface area contributed by atoms with Crippen LogP contribution in [-0.4, -0.2) is 31.4 Å². The number of carbonyl (C=O) groups is 1. The Labute approximate surface area is 94.0 Å². The Morgan fingerprint density at radius 3 is 2.81 bits per heavy atom. The van der Waals surface area contributed by atoms with Gasteiger partial charge in [-0.3, -0.25) is 0 Å². The monoisotopic (exact) mass is 228 g/mol. The van der Waals surface area contributed by atoms with Gasteiger partial charge in [-0.2, -0.15) is 0 Å². The first-order valence-corrected chi connectivity index (χ1v) is 5.04. The molecule has 90 valence electrons. The van der Waals surface area contributed by atoms with Crippen molar-refractivity contribution in [1.82, 2.24) is 0 Å². The topological polar surface area (TPSA) is 68.9 Å². The Bertz CT molecular complexity index is 342. The van der Waals surface area contributed by atoms with Gasteiger partial charge < -0.3 is 19.0 Å². The molecule has 1 heterocycles. The largest absolute Gasteiger partial charge is 0.475 e. The molecule has 0 radical (unpaired) electrons. The number of carboxylic acid groups (broad SMARTS) is 1. The molecule has 0 saturated heterocycles. The third-order valence-electron chi connectivity index (χ3n) is 2.13. The SMILES string of the molecule is COCCCOCc1cc(C(=O)O)oc1C. The van der Waals surface area contributed by atoms with Gasteiger partial charge in [0.25, 0.3) is 0 Å². The van der Waals surface area contributed by atoms with E-state index in [0.29, 0.717) is 25.6 Å². The molecule has 0 unspecified atom stereocenters. The average Bonchev–Trinajstić information content (AvgIpc) is 2.60. The van der Waals surface area contributed by atoms with Gasteiger partial charge in [-0.05, 0) is 19.4 Å². The summed E-state index contributed by atoms with van der Waals surface area (Å²) in [6.07, 6.45) is 0.819. The number of methoxy groups -OCH3 is 1. The van der Waals surface area contributed by atoms with E-state index in [0.717, 1.165) is 12.0 Å². The van der Waals surface area contributed by atoms with E-state index in [-0.39, 0.29) is 5.76 Å². The summed E-state index contributed by atoms with van der Waals surface area (Å²) in [7, 11) is 1.64. The fourth-order valence-electron chi connectivity index (χ4n) is 1.26. The van der Waals surface area contributed by atoms with Crippen LogP contribution in [0.15, 0.2) is 10.5 Å². The highest BCUT2D eigenvalue weighted by Gasteiger charge is 2.12. The maximum absolute atomic E-state index is 10.6. The first-order valence-electron chi connectivity index (χ1n) is 5.04. The van der Waals surface area contributed by atoms with E-state index in [9.17, 15) is 4.79 Å². The molecule has 5 nitrogen and oxygen atoms in total. The molecule has 0 amide bonds. The number of aromatic carboxylic acids is 1. The Morgan fingerprint density at radius 2 is 2.25 bits per heavy atom. The minimum atomic E-state index is -1.06. The number of hydrogen-bond donors (Lipinski definition) is 1. The van der Waals surface area contributed by atoms with E-state index in [1.807, 2.05) is 0 Å². The van der Waals surface area contributed by atoms with E-state index in [1.54, 1.807) is 14.0 Å². The molecule has 0 bridgehead atoms. The van der Waals surface area contributed by atoms with Gasteiger partial charge in [0.15, 0.2) is 0 Å². The second-order valence-corrected chi connectivity index (χ2v) is 3.40. The van der Waals surface area contributed by atoms with Crippen molar-refractivity contribution in [1.29, 1.82) is 0 Å². The third-order valence-corrected chi connectivity index (χ3v) is 2.13. The van der Waals surface area contributed by atoms with Gasteiger partial charge in [0, 0.05) is 25.9 Å². The van der Waals surface area contributed by atoms with E-state index in [1.165, 1.54) is 6.07 Å². The first-order chi connectivity index (χ1) is 7.65. The third kappa shape index (κ3) is 3.67. The maximum Gasteiger partial charge on any atom is 0.371 e. The summed E-state index contributed by atoms with van der Waals surface area (Å²) in [6.45, 7) is 3.33. The van der Waals surface area contributed by atoms with Crippen LogP contribution >= 0.6 is 0 Å². The van der Waals surface area contributed by atoms with Gasteiger partial charge in [0.05, 0.1) is 6.61 Å². The molecule has 0 saturated carbocycles. The maximum atomic E-state index is 10.6. The van der Waals surface area contributed by atoms with Crippen LogP contribution in [0.4, 0.5) is 0 Å². The van der Waals surface area contributed by atoms with Gasteiger partial charge in [-0.25, -0.2) is 4.79 Å². The van der Waals surface area contributed by atoms with Crippen LogP contribution in [-0.2, 0) is 16.1 Å². The van der Waals surface area contributed by atoms with Crippen molar-refractivity contribution in [2.24, 2.45) is 0 Å². The van der Waals surface area contributed by atoms with Crippen molar-refractivity contribution >= 4 is 5.97 Å². The zero-order valence-corrected chi connectivity index (χ0v) is 9.49. The second-order valence-electron chi connectivity index (χ2n) is 3.40. The van der Waals surface area contributed by atoms with Gasteiger partial charge in [-0.1, -0.05) is 0 Å². The Kier molecular flexibility index (Phi) is 5.01. The molecule has 1 N–H and O–H groups in total. The lowest BCUT2D eigenvalue weighted by Gasteiger charge is -2.02. The standard InChI is InChI=1S/C11H16O5/c1-8-9(6-10(16-8)11(12)13)7-15-5-3-4-14-2/h6H,3-5,7H2,1-2H3,(H,12,13). The number of hydrogen-bond acceptors (Lipinski definition) is 4. The highest BCUT2D eigenvalue weighted by atomic mass is 16.5. The summed E-state index contributed by atoms with van der Waals surface area (Å²) >= 11 is 0. The fraction of sp³-hybridized carbons (Fsp3) is 0.545. The van der Waals surface area contributed by atoms with Crippen molar-refractivity contribution < 1.29 is 23.8 Å². The second kappa shape index (κ2) is 6.30. The minimum Gasteiger partial charge on any atom is -0.475 e. The first kappa shape index (κ1) is 12.7. The van der Waals surface area contributed by atoms with Gasteiger partial charge in [-0.15, -0.1) is 0 Å². The van der Waals surface area contributed by atoms with E-state index < -0.39 is 5.97 Å². The molecule has 0 atom stereocenters. The Hall–Kier alpha value is -1.33. The molecule has 0 aliphatic heterocycles. The Morgan fingerprint density at radius 1 is 1.50 bits per heavy atom. The molecule has 16 heavy (non-hydrogen) atoms.